The quantitative estimate of drug-likeness (QED) is 0.577. The van der Waals surface area contributed by atoms with Gasteiger partial charge in [0, 0.05) is 39.6 Å². The highest BCUT2D eigenvalue weighted by molar-refractivity contribution is 7.81. The molecule has 0 heterocycles. The largest absolute Gasteiger partial charge is 0.378 e. The van der Waals surface area contributed by atoms with Crippen LogP contribution in [-0.2, 0) is 4.87 Å². The number of nitrogens with zero attached hydrogens (tertiary/aromatic N) is 2. The van der Waals surface area contributed by atoms with Gasteiger partial charge in [-0.1, -0.05) is 24.3 Å². The van der Waals surface area contributed by atoms with Crippen molar-refractivity contribution in [3.8, 4) is 0 Å². The number of carbonyl (C=O) groups excluding carboxylic acids is 1. The van der Waals surface area contributed by atoms with Gasteiger partial charge in [-0.15, -0.1) is 12.6 Å². The Bertz CT molecular complexity index is 644. The molecule has 0 saturated carbocycles. The second-order valence-electron chi connectivity index (χ2n) is 6.08. The van der Waals surface area contributed by atoms with Crippen LogP contribution in [-0.4, -0.2) is 34.2 Å². The minimum Gasteiger partial charge on any atom is -0.378 e. The number of rotatable bonds is 5. The second-order valence-corrected chi connectivity index (χ2v) is 6.75. The van der Waals surface area contributed by atoms with Gasteiger partial charge in [0.15, 0.2) is 0 Å². The van der Waals surface area contributed by atoms with Gasteiger partial charge in [0.05, 0.1) is 0 Å². The van der Waals surface area contributed by atoms with E-state index in [-0.39, 0.29) is 0 Å². The third kappa shape index (κ3) is 3.76. The van der Waals surface area contributed by atoms with E-state index < -0.39 is 10.9 Å². The van der Waals surface area contributed by atoms with Crippen molar-refractivity contribution in [1.29, 1.82) is 0 Å². The topological polar surface area (TPSA) is 61.6 Å². The van der Waals surface area contributed by atoms with Crippen molar-refractivity contribution < 1.29 is 4.79 Å². The number of nitrogens with one attached hydrogen (secondary N) is 1. The van der Waals surface area contributed by atoms with Gasteiger partial charge in [-0.3, -0.25) is 0 Å². The molecule has 3 N–H and O–H groups in total. The van der Waals surface area contributed by atoms with E-state index in [1.165, 1.54) is 0 Å². The van der Waals surface area contributed by atoms with Crippen LogP contribution < -0.4 is 20.9 Å². The summed E-state index contributed by atoms with van der Waals surface area (Å²) in [4.78, 5) is 14.6. The van der Waals surface area contributed by atoms with Gasteiger partial charge >= 0.3 is 6.03 Å². The molecule has 0 radical (unpaired) electrons. The maximum atomic E-state index is 11.6. The average molecular weight is 344 g/mol. The van der Waals surface area contributed by atoms with Gasteiger partial charge in [0.25, 0.3) is 0 Å². The minimum atomic E-state index is -0.998. The number of thiol groups is 1. The predicted molar refractivity (Wildman–Crippen MR) is 104 cm³/mol. The number of benzene rings is 2. The Balaban J connectivity index is 2.47. The molecule has 2 aromatic carbocycles. The number of amides is 2. The zero-order valence-corrected chi connectivity index (χ0v) is 15.3. The third-order valence-electron chi connectivity index (χ3n) is 3.91. The Morgan fingerprint density at radius 1 is 0.875 bits per heavy atom. The van der Waals surface area contributed by atoms with Crippen LogP contribution >= 0.6 is 12.6 Å². The first-order valence-corrected chi connectivity index (χ1v) is 8.04. The Hall–Kier alpha value is -2.34. The molecule has 0 bridgehead atoms. The molecule has 0 aliphatic heterocycles. The van der Waals surface area contributed by atoms with Crippen molar-refractivity contribution in [2.24, 2.45) is 5.73 Å². The first-order chi connectivity index (χ1) is 11.2. The fraction of sp³-hybridized carbons (Fsp3) is 0.278. The fourth-order valence-electron chi connectivity index (χ4n) is 2.49. The summed E-state index contributed by atoms with van der Waals surface area (Å²) in [5, 5.41) is 2.76. The van der Waals surface area contributed by atoms with Crippen LogP contribution in [0.2, 0.25) is 0 Å². The fourth-order valence-corrected chi connectivity index (χ4v) is 2.90. The first kappa shape index (κ1) is 18.0. The van der Waals surface area contributed by atoms with Gasteiger partial charge in [-0.25, -0.2) is 4.79 Å². The maximum absolute atomic E-state index is 11.6. The smallest absolute Gasteiger partial charge is 0.313 e. The van der Waals surface area contributed by atoms with E-state index in [0.717, 1.165) is 22.5 Å². The zero-order valence-electron chi connectivity index (χ0n) is 14.4. The number of hydrogen-bond donors (Lipinski definition) is 3. The van der Waals surface area contributed by atoms with Gasteiger partial charge in [-0.2, -0.15) is 0 Å². The molecule has 2 aromatic rings. The van der Waals surface area contributed by atoms with Crippen LogP contribution in [0.15, 0.2) is 48.5 Å². The SMILES string of the molecule is CN(C)c1ccc(C(S)(NC(N)=O)c2ccc(N(C)C)cc2)cc1. The molecule has 0 atom stereocenters. The molecule has 128 valence electrons. The molecule has 0 saturated heterocycles. The Morgan fingerprint density at radius 3 is 1.46 bits per heavy atom. The summed E-state index contributed by atoms with van der Waals surface area (Å²) in [5.41, 5.74) is 9.21. The highest BCUT2D eigenvalue weighted by Gasteiger charge is 2.31. The van der Waals surface area contributed by atoms with E-state index in [4.69, 9.17) is 18.4 Å². The number of primary amides is 1. The molecule has 6 heteroatoms. The minimum absolute atomic E-state index is 0.627. The maximum Gasteiger partial charge on any atom is 0.313 e. The molecule has 0 fully saturated rings. The summed E-state index contributed by atoms with van der Waals surface area (Å²) in [6, 6.07) is 15.1. The highest BCUT2D eigenvalue weighted by Crippen LogP contribution is 2.35. The van der Waals surface area contributed by atoms with E-state index >= 15 is 0 Å². The van der Waals surface area contributed by atoms with Gasteiger partial charge in [0.2, 0.25) is 0 Å². The van der Waals surface area contributed by atoms with Gasteiger partial charge in [0.1, 0.15) is 4.87 Å². The first-order valence-electron chi connectivity index (χ1n) is 7.60. The molecular weight excluding hydrogens is 320 g/mol. The van der Waals surface area contributed by atoms with E-state index in [0.29, 0.717) is 0 Å². The van der Waals surface area contributed by atoms with Crippen molar-refractivity contribution in [2.45, 2.75) is 4.87 Å². The number of hydrogen-bond acceptors (Lipinski definition) is 4. The molecule has 5 nitrogen and oxygen atoms in total. The van der Waals surface area contributed by atoms with Gasteiger partial charge < -0.3 is 20.9 Å². The molecular formula is C18H24N4OS. The van der Waals surface area contributed by atoms with Crippen molar-refractivity contribution in [3.05, 3.63) is 59.7 Å². The number of anilines is 2. The van der Waals surface area contributed by atoms with Crippen LogP contribution in [0.1, 0.15) is 11.1 Å². The standard InChI is InChI=1S/C18H24N4OS/c1-21(2)15-9-5-13(6-10-15)18(24,20-17(19)23)14-7-11-16(12-8-14)22(3)4/h5-12,24H,1-4H3,(H3,19,20,23). The van der Waals surface area contributed by atoms with Crippen LogP contribution in [0, 0.1) is 0 Å². The lowest BCUT2D eigenvalue weighted by atomic mass is 9.97. The van der Waals surface area contributed by atoms with E-state index in [1.807, 2.05) is 86.5 Å². The lowest BCUT2D eigenvalue weighted by Crippen LogP contribution is -2.45. The summed E-state index contributed by atoms with van der Waals surface area (Å²) in [6.45, 7) is 0. The highest BCUT2D eigenvalue weighted by atomic mass is 32.1. The number of nitrogens with two attached hydrogens (primary N) is 1. The summed E-state index contributed by atoms with van der Waals surface area (Å²) >= 11 is 4.77. The van der Waals surface area contributed by atoms with Crippen molar-refractivity contribution in [2.75, 3.05) is 38.0 Å². The van der Waals surface area contributed by atoms with E-state index in [9.17, 15) is 4.79 Å². The van der Waals surface area contributed by atoms with Crippen LogP contribution in [0.5, 0.6) is 0 Å². The third-order valence-corrected chi connectivity index (χ3v) is 4.54. The van der Waals surface area contributed by atoms with Crippen molar-refractivity contribution in [3.63, 3.8) is 0 Å². The normalized spacial score (nSPS) is 11.0. The zero-order chi connectivity index (χ0) is 17.9. The van der Waals surface area contributed by atoms with Gasteiger partial charge in [-0.05, 0) is 35.4 Å². The van der Waals surface area contributed by atoms with E-state index in [1.54, 1.807) is 0 Å². The Morgan fingerprint density at radius 2 is 1.21 bits per heavy atom. The predicted octanol–water partition coefficient (Wildman–Crippen LogP) is 2.62. The van der Waals surface area contributed by atoms with Crippen LogP contribution in [0.25, 0.3) is 0 Å². The van der Waals surface area contributed by atoms with Crippen molar-refractivity contribution >= 4 is 30.0 Å². The van der Waals surface area contributed by atoms with E-state index in [2.05, 4.69) is 5.32 Å². The molecule has 0 unspecified atom stereocenters. The summed E-state index contributed by atoms with van der Waals surface area (Å²) in [5.74, 6) is 0. The molecule has 0 aromatic heterocycles. The number of urea groups is 1. The Kier molecular flexibility index (Phi) is 5.29. The molecule has 0 spiro atoms. The molecule has 0 aliphatic rings. The summed E-state index contributed by atoms with van der Waals surface area (Å²) < 4.78 is 0. The van der Waals surface area contributed by atoms with Crippen molar-refractivity contribution in [1.82, 2.24) is 5.32 Å². The monoisotopic (exact) mass is 344 g/mol. The number of carbonyl (C=O) groups is 1. The lowest BCUT2D eigenvalue weighted by molar-refractivity contribution is 0.245. The summed E-state index contributed by atoms with van der Waals surface area (Å²) in [7, 11) is 7.91. The second kappa shape index (κ2) is 7.05. The van der Waals surface area contributed by atoms with Crippen LogP contribution in [0.3, 0.4) is 0 Å². The molecule has 2 amide bonds. The lowest BCUT2D eigenvalue weighted by Gasteiger charge is -2.31. The summed E-state index contributed by atoms with van der Waals surface area (Å²) in [6.07, 6.45) is 0. The molecule has 24 heavy (non-hydrogen) atoms. The van der Waals surface area contributed by atoms with Crippen LogP contribution in [0.4, 0.5) is 16.2 Å². The Labute approximate surface area is 148 Å². The molecule has 0 aliphatic carbocycles. The average Bonchev–Trinajstić information content (AvgIpc) is 2.54. The molecule has 2 rings (SSSR count).